The van der Waals surface area contributed by atoms with Crippen molar-refractivity contribution in [1.82, 2.24) is 14.5 Å². The van der Waals surface area contributed by atoms with Crippen molar-refractivity contribution in [3.63, 3.8) is 0 Å². The number of likely N-dealkylation sites (tertiary alicyclic amines) is 1. The molecule has 1 aliphatic rings. The van der Waals surface area contributed by atoms with E-state index >= 15 is 0 Å². The number of rotatable bonds is 3. The highest BCUT2D eigenvalue weighted by Gasteiger charge is 2.25. The van der Waals surface area contributed by atoms with Crippen LogP contribution in [0, 0.1) is 13.8 Å². The van der Waals surface area contributed by atoms with Crippen LogP contribution in [0.3, 0.4) is 0 Å². The fourth-order valence-corrected chi connectivity index (χ4v) is 3.90. The number of carbonyl (C=O) groups excluding carboxylic acids is 1. The monoisotopic (exact) mass is 303 g/mol. The lowest BCUT2D eigenvalue weighted by Gasteiger charge is -2.34. The third-order valence-corrected chi connectivity index (χ3v) is 5.13. The van der Waals surface area contributed by atoms with E-state index in [1.165, 1.54) is 9.75 Å². The predicted octanol–water partition coefficient (Wildman–Crippen LogP) is 2.97. The van der Waals surface area contributed by atoms with E-state index in [-0.39, 0.29) is 5.91 Å². The molecule has 2 aromatic rings. The van der Waals surface area contributed by atoms with Gasteiger partial charge in [-0.1, -0.05) is 0 Å². The Bertz CT molecular complexity index is 631. The Morgan fingerprint density at radius 1 is 1.43 bits per heavy atom. The molecule has 21 heavy (non-hydrogen) atoms. The highest BCUT2D eigenvalue weighted by Crippen LogP contribution is 2.24. The van der Waals surface area contributed by atoms with Gasteiger partial charge >= 0.3 is 0 Å². The fraction of sp³-hybridized carbons (Fsp3) is 0.500. The maximum absolute atomic E-state index is 12.5. The van der Waals surface area contributed by atoms with Gasteiger partial charge in [-0.2, -0.15) is 0 Å². The molecule has 0 radical (unpaired) electrons. The Hall–Kier alpha value is -1.62. The minimum absolute atomic E-state index is 0.249. The standard InChI is InChI=1S/C16H21N3OS/c1-12-5-6-15(21-12)10-16(20)18-8-3-4-14(11-18)19-9-7-17-13(19)2/h5-7,9,14H,3-4,8,10-11H2,1-2H3. The van der Waals surface area contributed by atoms with Gasteiger partial charge in [-0.25, -0.2) is 4.98 Å². The van der Waals surface area contributed by atoms with Crippen molar-refractivity contribution in [3.05, 3.63) is 40.1 Å². The van der Waals surface area contributed by atoms with E-state index in [0.29, 0.717) is 12.5 Å². The fourth-order valence-electron chi connectivity index (χ4n) is 3.02. The molecule has 0 saturated carbocycles. The molecule has 3 heterocycles. The van der Waals surface area contributed by atoms with Crippen LogP contribution in [0.25, 0.3) is 0 Å². The molecular weight excluding hydrogens is 282 g/mol. The second-order valence-electron chi connectivity index (χ2n) is 5.71. The summed E-state index contributed by atoms with van der Waals surface area (Å²) in [6.45, 7) is 5.79. The average Bonchev–Trinajstić information content (AvgIpc) is 3.07. The molecule has 1 unspecified atom stereocenters. The summed E-state index contributed by atoms with van der Waals surface area (Å²) in [6.07, 6.45) is 6.59. The van der Waals surface area contributed by atoms with E-state index in [9.17, 15) is 4.79 Å². The van der Waals surface area contributed by atoms with Crippen molar-refractivity contribution >= 4 is 17.2 Å². The van der Waals surface area contributed by atoms with Gasteiger partial charge < -0.3 is 9.47 Å². The first kappa shape index (κ1) is 14.3. The molecule has 0 aliphatic carbocycles. The van der Waals surface area contributed by atoms with Crippen LogP contribution >= 0.6 is 11.3 Å². The number of aryl methyl sites for hydroxylation is 2. The van der Waals surface area contributed by atoms with E-state index in [4.69, 9.17) is 0 Å². The molecule has 2 aromatic heterocycles. The number of thiophene rings is 1. The largest absolute Gasteiger partial charge is 0.340 e. The van der Waals surface area contributed by atoms with Crippen molar-refractivity contribution in [2.24, 2.45) is 0 Å². The number of aromatic nitrogens is 2. The van der Waals surface area contributed by atoms with Crippen molar-refractivity contribution < 1.29 is 4.79 Å². The number of nitrogens with zero attached hydrogens (tertiary/aromatic N) is 3. The molecule has 4 nitrogen and oxygen atoms in total. The van der Waals surface area contributed by atoms with Crippen molar-refractivity contribution in [1.29, 1.82) is 0 Å². The number of piperidine rings is 1. The summed E-state index contributed by atoms with van der Waals surface area (Å²) >= 11 is 1.72. The zero-order valence-corrected chi connectivity index (χ0v) is 13.4. The normalized spacial score (nSPS) is 19.0. The van der Waals surface area contributed by atoms with Crippen molar-refractivity contribution in [2.45, 2.75) is 39.2 Å². The molecule has 1 aliphatic heterocycles. The van der Waals surface area contributed by atoms with Crippen LogP contribution in [0.4, 0.5) is 0 Å². The number of hydrogen-bond acceptors (Lipinski definition) is 3. The molecule has 1 fully saturated rings. The molecule has 0 N–H and O–H groups in total. The summed E-state index contributed by atoms with van der Waals surface area (Å²) in [4.78, 5) is 21.2. The van der Waals surface area contributed by atoms with Gasteiger partial charge in [0.05, 0.1) is 12.5 Å². The van der Waals surface area contributed by atoms with Gasteiger partial charge in [0, 0.05) is 35.2 Å². The van der Waals surface area contributed by atoms with E-state index in [2.05, 4.69) is 28.6 Å². The lowest BCUT2D eigenvalue weighted by Crippen LogP contribution is -2.41. The third-order valence-electron chi connectivity index (χ3n) is 4.13. The summed E-state index contributed by atoms with van der Waals surface area (Å²) in [5.41, 5.74) is 0. The summed E-state index contributed by atoms with van der Waals surface area (Å²) in [6, 6.07) is 4.52. The predicted molar refractivity (Wildman–Crippen MR) is 84.6 cm³/mol. The number of imidazole rings is 1. The van der Waals surface area contributed by atoms with E-state index in [1.54, 1.807) is 11.3 Å². The Morgan fingerprint density at radius 2 is 2.29 bits per heavy atom. The second-order valence-corrected chi connectivity index (χ2v) is 7.08. The van der Waals surface area contributed by atoms with Crippen LogP contribution in [0.5, 0.6) is 0 Å². The Kier molecular flexibility index (Phi) is 4.10. The maximum atomic E-state index is 12.5. The molecule has 3 rings (SSSR count). The molecular formula is C16H21N3OS. The third kappa shape index (κ3) is 3.18. The number of carbonyl (C=O) groups is 1. The Morgan fingerprint density at radius 3 is 2.95 bits per heavy atom. The SMILES string of the molecule is Cc1ccc(CC(=O)N2CCCC(n3ccnc3C)C2)s1. The smallest absolute Gasteiger partial charge is 0.227 e. The van der Waals surface area contributed by atoms with E-state index < -0.39 is 0 Å². The highest BCUT2D eigenvalue weighted by atomic mass is 32.1. The van der Waals surface area contributed by atoms with Crippen LogP contribution in [0.2, 0.25) is 0 Å². The Labute approximate surface area is 129 Å². The molecule has 1 amide bonds. The quantitative estimate of drug-likeness (QED) is 0.874. The van der Waals surface area contributed by atoms with Gasteiger partial charge in [0.25, 0.3) is 0 Å². The molecule has 0 spiro atoms. The topological polar surface area (TPSA) is 38.1 Å². The van der Waals surface area contributed by atoms with Crippen molar-refractivity contribution in [2.75, 3.05) is 13.1 Å². The summed E-state index contributed by atoms with van der Waals surface area (Å²) in [5, 5.41) is 0. The summed E-state index contributed by atoms with van der Waals surface area (Å²) in [7, 11) is 0. The summed E-state index contributed by atoms with van der Waals surface area (Å²) < 4.78 is 2.20. The zero-order chi connectivity index (χ0) is 14.8. The maximum Gasteiger partial charge on any atom is 0.227 e. The average molecular weight is 303 g/mol. The first-order valence-electron chi connectivity index (χ1n) is 7.46. The van der Waals surface area contributed by atoms with Crippen LogP contribution in [-0.2, 0) is 11.2 Å². The van der Waals surface area contributed by atoms with Crippen LogP contribution in [0.1, 0.15) is 34.5 Å². The van der Waals surface area contributed by atoms with Gasteiger partial charge in [0.15, 0.2) is 0 Å². The number of amides is 1. The minimum atomic E-state index is 0.249. The van der Waals surface area contributed by atoms with Crippen molar-refractivity contribution in [3.8, 4) is 0 Å². The van der Waals surface area contributed by atoms with Crippen LogP contribution in [-0.4, -0.2) is 33.4 Å². The zero-order valence-electron chi connectivity index (χ0n) is 12.6. The second kappa shape index (κ2) is 6.02. The van der Waals surface area contributed by atoms with Gasteiger partial charge in [0.1, 0.15) is 5.82 Å². The Balaban J connectivity index is 1.65. The summed E-state index contributed by atoms with van der Waals surface area (Å²) in [5.74, 6) is 1.28. The molecule has 112 valence electrons. The van der Waals surface area contributed by atoms with Crippen LogP contribution in [0.15, 0.2) is 24.5 Å². The molecule has 1 atom stereocenters. The minimum Gasteiger partial charge on any atom is -0.340 e. The molecule has 1 saturated heterocycles. The first-order valence-corrected chi connectivity index (χ1v) is 8.27. The highest BCUT2D eigenvalue weighted by molar-refractivity contribution is 7.12. The molecule has 0 aromatic carbocycles. The van der Waals surface area contributed by atoms with Gasteiger partial charge in [-0.05, 0) is 38.8 Å². The molecule has 0 bridgehead atoms. The van der Waals surface area contributed by atoms with Gasteiger partial charge in [0.2, 0.25) is 5.91 Å². The lowest BCUT2D eigenvalue weighted by molar-refractivity contribution is -0.132. The van der Waals surface area contributed by atoms with E-state index in [0.717, 1.165) is 31.8 Å². The lowest BCUT2D eigenvalue weighted by atomic mass is 10.0. The van der Waals surface area contributed by atoms with Gasteiger partial charge in [-0.15, -0.1) is 11.3 Å². The number of hydrogen-bond donors (Lipinski definition) is 0. The molecule has 5 heteroatoms. The van der Waals surface area contributed by atoms with Gasteiger partial charge in [-0.3, -0.25) is 4.79 Å². The first-order chi connectivity index (χ1) is 10.1. The van der Waals surface area contributed by atoms with Crippen LogP contribution < -0.4 is 0 Å². The van der Waals surface area contributed by atoms with E-state index in [1.807, 2.05) is 24.2 Å².